The van der Waals surface area contributed by atoms with Gasteiger partial charge in [0.05, 0.1) is 0 Å². The molecule has 0 saturated heterocycles. The van der Waals surface area contributed by atoms with Crippen LogP contribution < -0.4 is 10.5 Å². The van der Waals surface area contributed by atoms with Gasteiger partial charge in [0.15, 0.2) is 0 Å². The van der Waals surface area contributed by atoms with Gasteiger partial charge in [0, 0.05) is 18.3 Å². The van der Waals surface area contributed by atoms with E-state index in [9.17, 15) is 0 Å². The summed E-state index contributed by atoms with van der Waals surface area (Å²) in [5.41, 5.74) is 10.6. The third-order valence-corrected chi connectivity index (χ3v) is 3.90. The third-order valence-electron chi connectivity index (χ3n) is 3.90. The summed E-state index contributed by atoms with van der Waals surface area (Å²) < 4.78 is 5.96. The molecule has 3 heteroatoms. The molecule has 3 nitrogen and oxygen atoms in total. The highest BCUT2D eigenvalue weighted by Crippen LogP contribution is 2.29. The lowest BCUT2D eigenvalue weighted by Gasteiger charge is -2.13. The molecular formula is C18H24N2O. The zero-order valence-corrected chi connectivity index (χ0v) is 13.3. The van der Waals surface area contributed by atoms with Gasteiger partial charge in [-0.3, -0.25) is 0 Å². The van der Waals surface area contributed by atoms with Gasteiger partial charge in [0.2, 0.25) is 5.88 Å². The average Bonchev–Trinajstić information content (AvgIpc) is 2.49. The molecule has 0 aliphatic carbocycles. The normalized spacial score (nSPS) is 12.2. The summed E-state index contributed by atoms with van der Waals surface area (Å²) >= 11 is 0. The first-order chi connectivity index (χ1) is 10.0. The van der Waals surface area contributed by atoms with E-state index in [1.807, 2.05) is 18.3 Å². The predicted octanol–water partition coefficient (Wildman–Crippen LogP) is 4.08. The Morgan fingerprint density at radius 1 is 1.10 bits per heavy atom. The van der Waals surface area contributed by atoms with Crippen molar-refractivity contribution < 1.29 is 4.74 Å². The molecule has 0 fully saturated rings. The molecule has 0 aliphatic heterocycles. The van der Waals surface area contributed by atoms with Crippen LogP contribution in [0.5, 0.6) is 11.6 Å². The lowest BCUT2D eigenvalue weighted by Crippen LogP contribution is -2.21. The molecule has 1 atom stereocenters. The summed E-state index contributed by atoms with van der Waals surface area (Å²) in [4.78, 5) is 4.40. The van der Waals surface area contributed by atoms with Crippen LogP contribution in [0.1, 0.15) is 35.6 Å². The second-order valence-electron chi connectivity index (χ2n) is 5.63. The van der Waals surface area contributed by atoms with E-state index in [-0.39, 0.29) is 6.04 Å². The van der Waals surface area contributed by atoms with Gasteiger partial charge in [0.1, 0.15) is 5.75 Å². The van der Waals surface area contributed by atoms with Gasteiger partial charge in [-0.05, 0) is 55.9 Å². The number of nitrogens with two attached hydrogens (primary N) is 1. The maximum Gasteiger partial charge on any atom is 0.219 e. The maximum atomic E-state index is 5.96. The van der Waals surface area contributed by atoms with Crippen molar-refractivity contribution in [3.8, 4) is 11.6 Å². The predicted molar refractivity (Wildman–Crippen MR) is 86.9 cm³/mol. The summed E-state index contributed by atoms with van der Waals surface area (Å²) in [5, 5.41) is 0. The zero-order valence-electron chi connectivity index (χ0n) is 13.3. The van der Waals surface area contributed by atoms with Crippen LogP contribution in [0.3, 0.4) is 0 Å². The fourth-order valence-corrected chi connectivity index (χ4v) is 2.23. The van der Waals surface area contributed by atoms with E-state index in [1.54, 1.807) is 0 Å². The monoisotopic (exact) mass is 284 g/mol. The molecule has 1 heterocycles. The number of aromatic nitrogens is 1. The number of nitrogens with zero attached hydrogens (tertiary/aromatic N) is 1. The Morgan fingerprint density at radius 3 is 2.43 bits per heavy atom. The van der Waals surface area contributed by atoms with E-state index in [0.717, 1.165) is 35.3 Å². The fourth-order valence-electron chi connectivity index (χ4n) is 2.23. The first-order valence-corrected chi connectivity index (χ1v) is 7.46. The van der Waals surface area contributed by atoms with E-state index in [2.05, 4.69) is 44.8 Å². The highest BCUT2D eigenvalue weighted by Gasteiger charge is 2.09. The molecule has 112 valence electrons. The SMILES string of the molecule is CCC(N)Cc1ccc(Oc2c(C)ccc(C)c2C)nc1. The molecule has 1 aromatic carbocycles. The van der Waals surface area contributed by atoms with Gasteiger partial charge in [-0.25, -0.2) is 4.98 Å². The molecule has 2 N–H and O–H groups in total. The number of pyridine rings is 1. The van der Waals surface area contributed by atoms with Crippen molar-refractivity contribution in [3.05, 3.63) is 52.7 Å². The van der Waals surface area contributed by atoms with Crippen molar-refractivity contribution in [2.24, 2.45) is 5.73 Å². The second-order valence-corrected chi connectivity index (χ2v) is 5.63. The molecule has 0 radical (unpaired) electrons. The topological polar surface area (TPSA) is 48.1 Å². The Labute approximate surface area is 127 Å². The molecule has 0 amide bonds. The zero-order chi connectivity index (χ0) is 15.4. The lowest BCUT2D eigenvalue weighted by molar-refractivity contribution is 0.455. The second kappa shape index (κ2) is 6.72. The van der Waals surface area contributed by atoms with E-state index in [4.69, 9.17) is 10.5 Å². The summed E-state index contributed by atoms with van der Waals surface area (Å²) in [6, 6.07) is 8.34. The minimum Gasteiger partial charge on any atom is -0.438 e. The minimum atomic E-state index is 0.194. The molecule has 2 aromatic rings. The van der Waals surface area contributed by atoms with Gasteiger partial charge >= 0.3 is 0 Å². The van der Waals surface area contributed by atoms with Gasteiger partial charge in [-0.15, -0.1) is 0 Å². The average molecular weight is 284 g/mol. The van der Waals surface area contributed by atoms with Crippen LogP contribution in [-0.2, 0) is 6.42 Å². The number of ether oxygens (including phenoxy) is 1. The van der Waals surface area contributed by atoms with Crippen LogP contribution in [-0.4, -0.2) is 11.0 Å². The quantitative estimate of drug-likeness (QED) is 0.900. The smallest absolute Gasteiger partial charge is 0.219 e. The van der Waals surface area contributed by atoms with E-state index in [1.165, 1.54) is 5.56 Å². The fraction of sp³-hybridized carbons (Fsp3) is 0.389. The first-order valence-electron chi connectivity index (χ1n) is 7.46. The van der Waals surface area contributed by atoms with Crippen LogP contribution in [0.4, 0.5) is 0 Å². The van der Waals surface area contributed by atoms with Gasteiger partial charge in [-0.2, -0.15) is 0 Å². The van der Waals surface area contributed by atoms with Crippen molar-refractivity contribution in [3.63, 3.8) is 0 Å². The number of aryl methyl sites for hydroxylation is 2. The standard InChI is InChI=1S/C18H24N2O/c1-5-16(19)10-15-8-9-17(20-11-15)21-18-13(3)7-6-12(2)14(18)4/h6-9,11,16H,5,10,19H2,1-4H3. The molecule has 21 heavy (non-hydrogen) atoms. The molecule has 1 unspecified atom stereocenters. The van der Waals surface area contributed by atoms with Crippen molar-refractivity contribution in [2.45, 2.75) is 46.6 Å². The molecule has 0 spiro atoms. The lowest BCUT2D eigenvalue weighted by atomic mass is 10.1. The summed E-state index contributed by atoms with van der Waals surface area (Å²) in [7, 11) is 0. The van der Waals surface area contributed by atoms with Crippen molar-refractivity contribution in [1.82, 2.24) is 4.98 Å². The van der Waals surface area contributed by atoms with Crippen LogP contribution >= 0.6 is 0 Å². The molecule has 0 aliphatic rings. The highest BCUT2D eigenvalue weighted by atomic mass is 16.5. The van der Waals surface area contributed by atoms with E-state index < -0.39 is 0 Å². The Morgan fingerprint density at radius 2 is 1.81 bits per heavy atom. The molecule has 0 bridgehead atoms. The largest absolute Gasteiger partial charge is 0.438 e. The van der Waals surface area contributed by atoms with Crippen LogP contribution in [0.25, 0.3) is 0 Å². The third kappa shape index (κ3) is 3.82. The number of benzene rings is 1. The number of rotatable bonds is 5. The van der Waals surface area contributed by atoms with Crippen molar-refractivity contribution in [2.75, 3.05) is 0 Å². The van der Waals surface area contributed by atoms with Gasteiger partial charge in [0.25, 0.3) is 0 Å². The van der Waals surface area contributed by atoms with Gasteiger partial charge < -0.3 is 10.5 Å². The Bertz CT molecular complexity index is 605. The van der Waals surface area contributed by atoms with Crippen molar-refractivity contribution >= 4 is 0 Å². The summed E-state index contributed by atoms with van der Waals surface area (Å²) in [6.07, 6.45) is 3.68. The van der Waals surface area contributed by atoms with Gasteiger partial charge in [-0.1, -0.05) is 25.1 Å². The molecule has 0 saturated carbocycles. The number of hydrogen-bond donors (Lipinski definition) is 1. The van der Waals surface area contributed by atoms with E-state index in [0.29, 0.717) is 5.88 Å². The minimum absolute atomic E-state index is 0.194. The Hall–Kier alpha value is -1.87. The Kier molecular flexibility index (Phi) is 4.97. The summed E-state index contributed by atoms with van der Waals surface area (Å²) in [5.74, 6) is 1.53. The maximum absolute atomic E-state index is 5.96. The molecule has 1 aromatic heterocycles. The molecular weight excluding hydrogens is 260 g/mol. The number of hydrogen-bond acceptors (Lipinski definition) is 3. The van der Waals surface area contributed by atoms with Crippen molar-refractivity contribution in [1.29, 1.82) is 0 Å². The van der Waals surface area contributed by atoms with Crippen LogP contribution in [0, 0.1) is 20.8 Å². The molecule has 2 rings (SSSR count). The van der Waals surface area contributed by atoms with Crippen LogP contribution in [0.15, 0.2) is 30.5 Å². The highest BCUT2D eigenvalue weighted by molar-refractivity contribution is 5.46. The van der Waals surface area contributed by atoms with Crippen LogP contribution in [0.2, 0.25) is 0 Å². The first kappa shape index (κ1) is 15.5. The Balaban J connectivity index is 2.16. The summed E-state index contributed by atoms with van der Waals surface area (Å²) in [6.45, 7) is 8.31. The van der Waals surface area contributed by atoms with E-state index >= 15 is 0 Å².